The minimum absolute atomic E-state index is 0.0908. The van der Waals surface area contributed by atoms with Crippen LogP contribution in [0.3, 0.4) is 0 Å². The number of hydrogen-bond donors (Lipinski definition) is 2. The second kappa shape index (κ2) is 2.51. The van der Waals surface area contributed by atoms with E-state index < -0.39 is 0 Å². The van der Waals surface area contributed by atoms with Crippen molar-refractivity contribution in [3.8, 4) is 17.6 Å². The summed E-state index contributed by atoms with van der Waals surface area (Å²) in [5.74, 6) is -0.559. The van der Waals surface area contributed by atoms with Crippen molar-refractivity contribution in [1.82, 2.24) is 0 Å². The van der Waals surface area contributed by atoms with E-state index in [2.05, 4.69) is 0 Å². The third kappa shape index (κ3) is 1.10. The minimum Gasteiger partial charge on any atom is -0.504 e. The van der Waals surface area contributed by atoms with Gasteiger partial charge in [0.1, 0.15) is 6.07 Å². The summed E-state index contributed by atoms with van der Waals surface area (Å²) in [4.78, 5) is 0. The van der Waals surface area contributed by atoms with E-state index in [1.54, 1.807) is 19.1 Å². The summed E-state index contributed by atoms with van der Waals surface area (Å²) in [5.41, 5.74) is 0.648. The van der Waals surface area contributed by atoms with E-state index in [-0.39, 0.29) is 17.1 Å². The standard InChI is InChI=1S/C8H7NO2/c1-5-2-3-6(4-9)8(11)7(5)10/h2-3,10-11H,1H3. The summed E-state index contributed by atoms with van der Waals surface area (Å²) in [5, 5.41) is 26.6. The van der Waals surface area contributed by atoms with Gasteiger partial charge in [-0.1, -0.05) is 6.07 Å². The van der Waals surface area contributed by atoms with E-state index in [4.69, 9.17) is 15.5 Å². The maximum absolute atomic E-state index is 9.12. The molecule has 1 rings (SSSR count). The van der Waals surface area contributed by atoms with Gasteiger partial charge in [0.15, 0.2) is 11.5 Å². The molecule has 0 radical (unpaired) electrons. The molecule has 1 aromatic carbocycles. The van der Waals surface area contributed by atoms with Crippen LogP contribution in [0.5, 0.6) is 11.5 Å². The van der Waals surface area contributed by atoms with Gasteiger partial charge in [0, 0.05) is 0 Å². The first-order valence-electron chi connectivity index (χ1n) is 3.08. The van der Waals surface area contributed by atoms with Gasteiger partial charge in [-0.2, -0.15) is 5.26 Å². The lowest BCUT2D eigenvalue weighted by Gasteiger charge is -2.01. The number of benzene rings is 1. The smallest absolute Gasteiger partial charge is 0.175 e. The van der Waals surface area contributed by atoms with Crippen molar-refractivity contribution in [2.45, 2.75) is 6.92 Å². The summed E-state index contributed by atoms with van der Waals surface area (Å²) in [7, 11) is 0. The van der Waals surface area contributed by atoms with E-state index in [1.807, 2.05) is 0 Å². The van der Waals surface area contributed by atoms with Crippen molar-refractivity contribution in [1.29, 1.82) is 5.26 Å². The van der Waals surface area contributed by atoms with Crippen LogP contribution in [0, 0.1) is 18.3 Å². The third-order valence-corrected chi connectivity index (χ3v) is 1.47. The summed E-state index contributed by atoms with van der Waals surface area (Å²) in [6.45, 7) is 1.65. The second-order valence-corrected chi connectivity index (χ2v) is 2.24. The molecule has 0 amide bonds. The lowest BCUT2D eigenvalue weighted by Crippen LogP contribution is -1.80. The number of aromatic hydroxyl groups is 2. The number of phenols is 2. The van der Waals surface area contributed by atoms with E-state index in [0.717, 1.165) is 0 Å². The van der Waals surface area contributed by atoms with E-state index in [1.165, 1.54) is 6.07 Å². The van der Waals surface area contributed by atoms with Crippen LogP contribution in [0.4, 0.5) is 0 Å². The number of nitrogens with zero attached hydrogens (tertiary/aromatic N) is 1. The van der Waals surface area contributed by atoms with Gasteiger partial charge < -0.3 is 10.2 Å². The second-order valence-electron chi connectivity index (χ2n) is 2.24. The van der Waals surface area contributed by atoms with Gasteiger partial charge in [-0.3, -0.25) is 0 Å². The molecule has 3 nitrogen and oxygen atoms in total. The van der Waals surface area contributed by atoms with Gasteiger partial charge in [0.05, 0.1) is 5.56 Å². The highest BCUT2D eigenvalue weighted by atomic mass is 16.3. The van der Waals surface area contributed by atoms with Gasteiger partial charge in [-0.25, -0.2) is 0 Å². The van der Waals surface area contributed by atoms with Crippen molar-refractivity contribution in [2.75, 3.05) is 0 Å². The Kier molecular flexibility index (Phi) is 1.69. The Bertz CT molecular complexity index is 326. The van der Waals surface area contributed by atoms with E-state index in [0.29, 0.717) is 5.56 Å². The lowest BCUT2D eigenvalue weighted by atomic mass is 10.1. The maximum atomic E-state index is 9.12. The molecule has 0 heterocycles. The van der Waals surface area contributed by atoms with Crippen LogP contribution in [-0.4, -0.2) is 10.2 Å². The normalized spacial score (nSPS) is 9.09. The zero-order chi connectivity index (χ0) is 8.43. The van der Waals surface area contributed by atoms with Crippen LogP contribution in [0.15, 0.2) is 12.1 Å². The molecule has 1 aromatic rings. The van der Waals surface area contributed by atoms with Gasteiger partial charge in [0.25, 0.3) is 0 Å². The molecule has 11 heavy (non-hydrogen) atoms. The van der Waals surface area contributed by atoms with Crippen LogP contribution in [0.1, 0.15) is 11.1 Å². The first kappa shape index (κ1) is 7.42. The van der Waals surface area contributed by atoms with Crippen molar-refractivity contribution in [3.63, 3.8) is 0 Å². The molecule has 2 N–H and O–H groups in total. The molecule has 0 aliphatic heterocycles. The number of phenolic OH excluding ortho intramolecular Hbond substituents is 2. The Morgan fingerprint density at radius 2 is 1.91 bits per heavy atom. The summed E-state index contributed by atoms with van der Waals surface area (Å²) < 4.78 is 0. The number of aryl methyl sites for hydroxylation is 1. The predicted molar refractivity (Wildman–Crippen MR) is 39.2 cm³/mol. The predicted octanol–water partition coefficient (Wildman–Crippen LogP) is 1.28. The summed E-state index contributed by atoms with van der Waals surface area (Å²) >= 11 is 0. The van der Waals surface area contributed by atoms with Gasteiger partial charge in [0.2, 0.25) is 0 Å². The monoisotopic (exact) mass is 149 g/mol. The van der Waals surface area contributed by atoms with E-state index in [9.17, 15) is 0 Å². The van der Waals surface area contributed by atoms with Crippen LogP contribution < -0.4 is 0 Å². The molecule has 0 saturated heterocycles. The Morgan fingerprint density at radius 1 is 1.27 bits per heavy atom. The topological polar surface area (TPSA) is 64.2 Å². The molecule has 56 valence electrons. The molecule has 0 atom stereocenters. The zero-order valence-electron chi connectivity index (χ0n) is 6.00. The average molecular weight is 149 g/mol. The Labute approximate surface area is 64.1 Å². The molecule has 3 heteroatoms. The zero-order valence-corrected chi connectivity index (χ0v) is 6.00. The van der Waals surface area contributed by atoms with E-state index >= 15 is 0 Å². The molecule has 0 aliphatic carbocycles. The Hall–Kier alpha value is -1.69. The molecular formula is C8H7NO2. The Balaban J connectivity index is 3.40. The minimum atomic E-state index is -0.340. The Morgan fingerprint density at radius 3 is 2.45 bits per heavy atom. The summed E-state index contributed by atoms with van der Waals surface area (Å²) in [6.07, 6.45) is 0. The van der Waals surface area contributed by atoms with Crippen LogP contribution in [0.2, 0.25) is 0 Å². The maximum Gasteiger partial charge on any atom is 0.175 e. The van der Waals surface area contributed by atoms with Crippen LogP contribution >= 0.6 is 0 Å². The highest BCUT2D eigenvalue weighted by Gasteiger charge is 2.07. The SMILES string of the molecule is Cc1ccc(C#N)c(O)c1O. The fourth-order valence-corrected chi connectivity index (χ4v) is 0.771. The van der Waals surface area contributed by atoms with Crippen LogP contribution in [-0.2, 0) is 0 Å². The molecule has 0 bridgehead atoms. The van der Waals surface area contributed by atoms with Crippen LogP contribution in [0.25, 0.3) is 0 Å². The van der Waals surface area contributed by atoms with Gasteiger partial charge in [-0.15, -0.1) is 0 Å². The van der Waals surface area contributed by atoms with Gasteiger partial charge >= 0.3 is 0 Å². The number of rotatable bonds is 0. The fraction of sp³-hybridized carbons (Fsp3) is 0.125. The van der Waals surface area contributed by atoms with Crippen molar-refractivity contribution < 1.29 is 10.2 Å². The van der Waals surface area contributed by atoms with Crippen molar-refractivity contribution >= 4 is 0 Å². The average Bonchev–Trinajstić information content (AvgIpc) is 2.01. The molecule has 0 unspecified atom stereocenters. The lowest BCUT2D eigenvalue weighted by molar-refractivity contribution is 0.400. The molecule has 0 aromatic heterocycles. The largest absolute Gasteiger partial charge is 0.504 e. The molecule has 0 aliphatic rings. The number of hydrogen-bond acceptors (Lipinski definition) is 3. The molecule has 0 saturated carbocycles. The molecule has 0 fully saturated rings. The van der Waals surface area contributed by atoms with Crippen molar-refractivity contribution in [2.24, 2.45) is 0 Å². The van der Waals surface area contributed by atoms with Crippen molar-refractivity contribution in [3.05, 3.63) is 23.3 Å². The number of nitriles is 1. The molecule has 0 spiro atoms. The first-order chi connectivity index (χ1) is 5.16. The third-order valence-electron chi connectivity index (χ3n) is 1.47. The highest BCUT2D eigenvalue weighted by Crippen LogP contribution is 2.31. The van der Waals surface area contributed by atoms with Gasteiger partial charge in [-0.05, 0) is 18.6 Å². The quantitative estimate of drug-likeness (QED) is 0.546. The summed E-state index contributed by atoms with van der Waals surface area (Å²) in [6, 6.07) is 4.79. The first-order valence-corrected chi connectivity index (χ1v) is 3.08. The molecular weight excluding hydrogens is 142 g/mol. The fourth-order valence-electron chi connectivity index (χ4n) is 0.771. The highest BCUT2D eigenvalue weighted by molar-refractivity contribution is 5.54.